The number of amides is 1. The summed E-state index contributed by atoms with van der Waals surface area (Å²) in [6.07, 6.45) is 1.51. The molecule has 0 aliphatic rings. The molecule has 1 amide bonds. The van der Waals surface area contributed by atoms with Crippen LogP contribution in [-0.2, 0) is 0 Å². The monoisotopic (exact) mass is 265 g/mol. The van der Waals surface area contributed by atoms with Crippen LogP contribution in [0.25, 0.3) is 0 Å². The SMILES string of the molecule is CCC(CCO)NC(=O)c1ccc(OC(C)C)cc1. The molecule has 0 radical (unpaired) electrons. The van der Waals surface area contributed by atoms with Gasteiger partial charge in [-0.05, 0) is 51.0 Å². The fourth-order valence-corrected chi connectivity index (χ4v) is 1.76. The highest BCUT2D eigenvalue weighted by Crippen LogP contribution is 2.14. The zero-order chi connectivity index (χ0) is 14.3. The van der Waals surface area contributed by atoms with Crippen LogP contribution in [0, 0.1) is 0 Å². The fourth-order valence-electron chi connectivity index (χ4n) is 1.76. The standard InChI is InChI=1S/C15H23NO3/c1-4-13(9-10-17)16-15(18)12-5-7-14(8-6-12)19-11(2)3/h5-8,11,13,17H,4,9-10H2,1-3H3,(H,16,18). The zero-order valence-electron chi connectivity index (χ0n) is 11.8. The Bertz CT molecular complexity index is 387. The molecular formula is C15H23NO3. The Morgan fingerprint density at radius 1 is 1.32 bits per heavy atom. The van der Waals surface area contributed by atoms with Crippen LogP contribution < -0.4 is 10.1 Å². The van der Waals surface area contributed by atoms with Gasteiger partial charge in [-0.15, -0.1) is 0 Å². The van der Waals surface area contributed by atoms with Crippen molar-refractivity contribution in [3.8, 4) is 5.75 Å². The van der Waals surface area contributed by atoms with Crippen LogP contribution in [0.2, 0.25) is 0 Å². The summed E-state index contributed by atoms with van der Waals surface area (Å²) in [6.45, 7) is 5.99. The largest absolute Gasteiger partial charge is 0.491 e. The molecule has 106 valence electrons. The van der Waals surface area contributed by atoms with E-state index in [0.29, 0.717) is 12.0 Å². The van der Waals surface area contributed by atoms with Crippen molar-refractivity contribution < 1.29 is 14.6 Å². The van der Waals surface area contributed by atoms with Gasteiger partial charge in [0.2, 0.25) is 0 Å². The van der Waals surface area contributed by atoms with E-state index in [2.05, 4.69) is 5.32 Å². The quantitative estimate of drug-likeness (QED) is 0.795. The molecule has 0 saturated carbocycles. The molecule has 0 aromatic heterocycles. The van der Waals surface area contributed by atoms with Crippen LogP contribution >= 0.6 is 0 Å². The molecular weight excluding hydrogens is 242 g/mol. The Morgan fingerprint density at radius 2 is 1.95 bits per heavy atom. The molecule has 0 aliphatic carbocycles. The normalized spacial score (nSPS) is 12.3. The third-order valence-electron chi connectivity index (χ3n) is 2.79. The third kappa shape index (κ3) is 5.30. The van der Waals surface area contributed by atoms with Gasteiger partial charge in [0, 0.05) is 18.2 Å². The number of nitrogens with one attached hydrogen (secondary N) is 1. The Labute approximate surface area is 114 Å². The molecule has 4 nitrogen and oxygen atoms in total. The van der Waals surface area contributed by atoms with Gasteiger partial charge >= 0.3 is 0 Å². The highest BCUT2D eigenvalue weighted by Gasteiger charge is 2.11. The maximum Gasteiger partial charge on any atom is 0.251 e. The van der Waals surface area contributed by atoms with E-state index >= 15 is 0 Å². The van der Waals surface area contributed by atoms with Crippen molar-refractivity contribution in [2.75, 3.05) is 6.61 Å². The van der Waals surface area contributed by atoms with Gasteiger partial charge in [-0.3, -0.25) is 4.79 Å². The lowest BCUT2D eigenvalue weighted by Gasteiger charge is -2.16. The number of benzene rings is 1. The summed E-state index contributed by atoms with van der Waals surface area (Å²) in [5, 5.41) is 11.8. The molecule has 0 aliphatic heterocycles. The Kier molecular flexibility index (Phi) is 6.36. The summed E-state index contributed by atoms with van der Waals surface area (Å²) in [5.74, 6) is 0.644. The number of rotatable bonds is 7. The summed E-state index contributed by atoms with van der Waals surface area (Å²) >= 11 is 0. The zero-order valence-corrected chi connectivity index (χ0v) is 11.8. The first-order valence-electron chi connectivity index (χ1n) is 6.75. The molecule has 0 bridgehead atoms. The Morgan fingerprint density at radius 3 is 2.42 bits per heavy atom. The summed E-state index contributed by atoms with van der Waals surface area (Å²) < 4.78 is 5.52. The number of ether oxygens (including phenoxy) is 1. The maximum atomic E-state index is 12.0. The van der Waals surface area contributed by atoms with Crippen molar-refractivity contribution in [3.05, 3.63) is 29.8 Å². The van der Waals surface area contributed by atoms with Crippen molar-refractivity contribution in [2.45, 2.75) is 45.8 Å². The summed E-state index contributed by atoms with van der Waals surface area (Å²) in [4.78, 5) is 12.0. The molecule has 1 aromatic rings. The minimum absolute atomic E-state index is 0.0177. The van der Waals surface area contributed by atoms with Crippen molar-refractivity contribution in [1.29, 1.82) is 0 Å². The third-order valence-corrected chi connectivity index (χ3v) is 2.79. The van der Waals surface area contributed by atoms with Gasteiger partial charge < -0.3 is 15.2 Å². The lowest BCUT2D eigenvalue weighted by molar-refractivity contribution is 0.0929. The average molecular weight is 265 g/mol. The van der Waals surface area contributed by atoms with Gasteiger partial charge in [0.25, 0.3) is 5.91 Å². The van der Waals surface area contributed by atoms with Crippen molar-refractivity contribution in [3.63, 3.8) is 0 Å². The minimum atomic E-state index is -0.114. The second kappa shape index (κ2) is 7.79. The average Bonchev–Trinajstić information content (AvgIpc) is 2.38. The Hall–Kier alpha value is -1.55. The highest BCUT2D eigenvalue weighted by atomic mass is 16.5. The molecule has 19 heavy (non-hydrogen) atoms. The first-order chi connectivity index (χ1) is 9.06. The fraction of sp³-hybridized carbons (Fsp3) is 0.533. The molecule has 0 saturated heterocycles. The van der Waals surface area contributed by atoms with Crippen LogP contribution in [0.3, 0.4) is 0 Å². The second-order valence-corrected chi connectivity index (χ2v) is 4.78. The predicted molar refractivity (Wildman–Crippen MR) is 75.5 cm³/mol. The first kappa shape index (κ1) is 15.5. The predicted octanol–water partition coefficient (Wildman–Crippen LogP) is 2.36. The molecule has 4 heteroatoms. The van der Waals surface area contributed by atoms with E-state index in [-0.39, 0.29) is 24.7 Å². The number of hydrogen-bond acceptors (Lipinski definition) is 3. The van der Waals surface area contributed by atoms with E-state index in [0.717, 1.165) is 12.2 Å². The van der Waals surface area contributed by atoms with Crippen molar-refractivity contribution >= 4 is 5.91 Å². The van der Waals surface area contributed by atoms with Gasteiger partial charge in [-0.25, -0.2) is 0 Å². The summed E-state index contributed by atoms with van der Waals surface area (Å²) in [6, 6.07) is 7.10. The molecule has 1 atom stereocenters. The van der Waals surface area contributed by atoms with Crippen LogP contribution in [-0.4, -0.2) is 29.8 Å². The minimum Gasteiger partial charge on any atom is -0.491 e. The van der Waals surface area contributed by atoms with Gasteiger partial charge in [0.1, 0.15) is 5.75 Å². The molecule has 1 unspecified atom stereocenters. The molecule has 1 aromatic carbocycles. The van der Waals surface area contributed by atoms with Crippen molar-refractivity contribution in [2.24, 2.45) is 0 Å². The summed E-state index contributed by atoms with van der Waals surface area (Å²) in [7, 11) is 0. The van der Waals surface area contributed by atoms with Crippen LogP contribution in [0.5, 0.6) is 5.75 Å². The topological polar surface area (TPSA) is 58.6 Å². The molecule has 2 N–H and O–H groups in total. The lowest BCUT2D eigenvalue weighted by Crippen LogP contribution is -2.35. The maximum absolute atomic E-state index is 12.0. The molecule has 0 fully saturated rings. The summed E-state index contributed by atoms with van der Waals surface area (Å²) in [5.41, 5.74) is 0.604. The van der Waals surface area contributed by atoms with E-state index in [1.165, 1.54) is 0 Å². The first-order valence-corrected chi connectivity index (χ1v) is 6.75. The van der Waals surface area contributed by atoms with Crippen LogP contribution in [0.4, 0.5) is 0 Å². The van der Waals surface area contributed by atoms with E-state index in [9.17, 15) is 4.79 Å². The number of hydrogen-bond donors (Lipinski definition) is 2. The van der Waals surface area contributed by atoms with Gasteiger partial charge in [0.15, 0.2) is 0 Å². The molecule has 0 spiro atoms. The number of aliphatic hydroxyl groups excluding tert-OH is 1. The number of carbonyl (C=O) groups excluding carboxylic acids is 1. The number of aliphatic hydroxyl groups is 1. The van der Waals surface area contributed by atoms with Crippen molar-refractivity contribution in [1.82, 2.24) is 5.32 Å². The van der Waals surface area contributed by atoms with E-state index in [1.807, 2.05) is 20.8 Å². The van der Waals surface area contributed by atoms with E-state index in [1.54, 1.807) is 24.3 Å². The van der Waals surface area contributed by atoms with Gasteiger partial charge in [0.05, 0.1) is 6.10 Å². The van der Waals surface area contributed by atoms with Gasteiger partial charge in [-0.2, -0.15) is 0 Å². The van der Waals surface area contributed by atoms with E-state index < -0.39 is 0 Å². The van der Waals surface area contributed by atoms with Gasteiger partial charge in [-0.1, -0.05) is 6.92 Å². The molecule has 1 rings (SSSR count). The number of carbonyl (C=O) groups is 1. The van der Waals surface area contributed by atoms with Crippen LogP contribution in [0.1, 0.15) is 44.0 Å². The lowest BCUT2D eigenvalue weighted by atomic mass is 10.1. The van der Waals surface area contributed by atoms with Crippen LogP contribution in [0.15, 0.2) is 24.3 Å². The Balaban J connectivity index is 2.62. The highest BCUT2D eigenvalue weighted by molar-refractivity contribution is 5.94. The smallest absolute Gasteiger partial charge is 0.251 e. The second-order valence-electron chi connectivity index (χ2n) is 4.78. The van der Waals surface area contributed by atoms with E-state index in [4.69, 9.17) is 9.84 Å². The molecule has 0 heterocycles.